The van der Waals surface area contributed by atoms with E-state index in [0.29, 0.717) is 6.04 Å². The van der Waals surface area contributed by atoms with Crippen LogP contribution in [0.1, 0.15) is 38.7 Å². The van der Waals surface area contributed by atoms with E-state index in [0.717, 1.165) is 51.1 Å². The molecule has 1 aromatic rings. The molecule has 1 amide bonds. The Balaban J connectivity index is 0.00000264. The highest BCUT2D eigenvalue weighted by molar-refractivity contribution is 5.85. The van der Waals surface area contributed by atoms with Gasteiger partial charge in [-0.1, -0.05) is 26.0 Å². The zero-order chi connectivity index (χ0) is 15.8. The summed E-state index contributed by atoms with van der Waals surface area (Å²) in [6.07, 6.45) is 4.08. The number of halogens is 1. The minimum atomic E-state index is 0. The molecule has 0 atom stereocenters. The molecule has 0 unspecified atom stereocenters. The quantitative estimate of drug-likeness (QED) is 0.829. The van der Waals surface area contributed by atoms with E-state index in [9.17, 15) is 4.79 Å². The second-order valence-electron chi connectivity index (χ2n) is 5.85. The fourth-order valence-electron chi connectivity index (χ4n) is 2.92. The highest BCUT2D eigenvalue weighted by Gasteiger charge is 2.24. The molecule has 1 N–H and O–H groups in total. The maximum absolute atomic E-state index is 12.5. The van der Waals surface area contributed by atoms with Crippen LogP contribution in [0.5, 0.6) is 5.75 Å². The number of hydrogen-bond acceptors (Lipinski definition) is 3. The van der Waals surface area contributed by atoms with Crippen LogP contribution in [0, 0.1) is 0 Å². The van der Waals surface area contributed by atoms with Crippen LogP contribution in [0.15, 0.2) is 24.3 Å². The molecule has 2 rings (SSSR count). The third-order valence-corrected chi connectivity index (χ3v) is 4.23. The summed E-state index contributed by atoms with van der Waals surface area (Å²) in [5.74, 6) is 0.876. The van der Waals surface area contributed by atoms with Gasteiger partial charge >= 0.3 is 0 Å². The number of rotatable bonds is 7. The third-order valence-electron chi connectivity index (χ3n) is 4.23. The van der Waals surface area contributed by atoms with E-state index in [2.05, 4.69) is 31.3 Å². The molecule has 1 aliphatic heterocycles. The predicted molar refractivity (Wildman–Crippen MR) is 96.5 cm³/mol. The van der Waals surface area contributed by atoms with Gasteiger partial charge in [-0.3, -0.25) is 4.79 Å². The van der Waals surface area contributed by atoms with Crippen LogP contribution in [-0.4, -0.2) is 43.1 Å². The Hall–Kier alpha value is -1.26. The summed E-state index contributed by atoms with van der Waals surface area (Å²) < 4.78 is 5.68. The second-order valence-corrected chi connectivity index (χ2v) is 5.85. The first-order valence-electron chi connectivity index (χ1n) is 8.46. The third kappa shape index (κ3) is 6.04. The molecule has 1 aromatic carbocycles. The van der Waals surface area contributed by atoms with Gasteiger partial charge in [0.05, 0.1) is 0 Å². The van der Waals surface area contributed by atoms with Gasteiger partial charge in [0.2, 0.25) is 0 Å². The lowest BCUT2D eigenvalue weighted by molar-refractivity contribution is -0.136. The second kappa shape index (κ2) is 10.5. The van der Waals surface area contributed by atoms with Crippen molar-refractivity contribution in [3.63, 3.8) is 0 Å². The lowest BCUT2D eigenvalue weighted by Gasteiger charge is -2.34. The molecule has 0 aliphatic carbocycles. The predicted octanol–water partition coefficient (Wildman–Crippen LogP) is 3.04. The minimum Gasteiger partial charge on any atom is -0.484 e. The average molecular weight is 341 g/mol. The van der Waals surface area contributed by atoms with Crippen LogP contribution in [0.4, 0.5) is 0 Å². The van der Waals surface area contributed by atoms with Crippen molar-refractivity contribution in [1.82, 2.24) is 10.2 Å². The number of hydrogen-bond donors (Lipinski definition) is 1. The molecule has 0 saturated carbocycles. The number of ether oxygens (including phenoxy) is 1. The topological polar surface area (TPSA) is 41.6 Å². The summed E-state index contributed by atoms with van der Waals surface area (Å²) in [5, 5.41) is 3.35. The monoisotopic (exact) mass is 340 g/mol. The van der Waals surface area contributed by atoms with Crippen molar-refractivity contribution >= 4 is 18.3 Å². The molecule has 1 saturated heterocycles. The van der Waals surface area contributed by atoms with Crippen LogP contribution >= 0.6 is 12.4 Å². The zero-order valence-electron chi connectivity index (χ0n) is 14.2. The molecule has 0 bridgehead atoms. The fraction of sp³-hybridized carbons (Fsp3) is 0.611. The summed E-state index contributed by atoms with van der Waals surface area (Å²) in [6.45, 7) is 7.19. The molecule has 4 nitrogen and oxygen atoms in total. The lowest BCUT2D eigenvalue weighted by Crippen LogP contribution is -2.48. The van der Waals surface area contributed by atoms with E-state index in [1.165, 1.54) is 5.56 Å². The molecule has 0 spiro atoms. The van der Waals surface area contributed by atoms with E-state index in [4.69, 9.17) is 4.74 Å². The Kier molecular flexibility index (Phi) is 9.03. The standard InChI is InChI=1S/C18H28N2O2.ClH/c1-3-13-20(16-9-11-19-12-10-16)18(21)14-22-17-7-5-15(4-2)6-8-17;/h5-8,16,19H,3-4,9-14H2,1-2H3;1H. The summed E-state index contributed by atoms with van der Waals surface area (Å²) in [7, 11) is 0. The number of carbonyl (C=O) groups is 1. The van der Waals surface area contributed by atoms with Gasteiger partial charge in [0, 0.05) is 12.6 Å². The van der Waals surface area contributed by atoms with Gasteiger partial charge in [0.25, 0.3) is 5.91 Å². The molecule has 1 aliphatic rings. The van der Waals surface area contributed by atoms with Crippen molar-refractivity contribution in [2.24, 2.45) is 0 Å². The SMILES string of the molecule is CCCN(C(=O)COc1ccc(CC)cc1)C1CCNCC1.Cl. The number of nitrogens with zero attached hydrogens (tertiary/aromatic N) is 1. The minimum absolute atomic E-state index is 0. The van der Waals surface area contributed by atoms with E-state index < -0.39 is 0 Å². The Morgan fingerprint density at radius 1 is 1.22 bits per heavy atom. The fourth-order valence-corrected chi connectivity index (χ4v) is 2.92. The van der Waals surface area contributed by atoms with Gasteiger partial charge < -0.3 is 15.0 Å². The van der Waals surface area contributed by atoms with Crippen molar-refractivity contribution in [2.45, 2.75) is 45.6 Å². The molecule has 5 heteroatoms. The summed E-state index contributed by atoms with van der Waals surface area (Å²) in [5.41, 5.74) is 1.28. The summed E-state index contributed by atoms with van der Waals surface area (Å²) >= 11 is 0. The van der Waals surface area contributed by atoms with Gasteiger partial charge in [-0.2, -0.15) is 0 Å². The van der Waals surface area contributed by atoms with Crippen LogP contribution in [0.2, 0.25) is 0 Å². The smallest absolute Gasteiger partial charge is 0.260 e. The zero-order valence-corrected chi connectivity index (χ0v) is 15.0. The summed E-state index contributed by atoms with van der Waals surface area (Å²) in [4.78, 5) is 14.5. The molecule has 0 radical (unpaired) electrons. The average Bonchev–Trinajstić information content (AvgIpc) is 2.58. The highest BCUT2D eigenvalue weighted by Crippen LogP contribution is 2.15. The van der Waals surface area contributed by atoms with Crippen LogP contribution in [0.3, 0.4) is 0 Å². The van der Waals surface area contributed by atoms with Gasteiger partial charge in [0.15, 0.2) is 6.61 Å². The Morgan fingerprint density at radius 2 is 1.87 bits per heavy atom. The Bertz CT molecular complexity index is 459. The van der Waals surface area contributed by atoms with Gasteiger partial charge in [0.1, 0.15) is 5.75 Å². The van der Waals surface area contributed by atoms with Crippen molar-refractivity contribution in [2.75, 3.05) is 26.2 Å². The number of benzene rings is 1. The maximum Gasteiger partial charge on any atom is 0.260 e. The lowest BCUT2D eigenvalue weighted by atomic mass is 10.0. The largest absolute Gasteiger partial charge is 0.484 e. The van der Waals surface area contributed by atoms with Crippen molar-refractivity contribution < 1.29 is 9.53 Å². The van der Waals surface area contributed by atoms with Crippen LogP contribution in [-0.2, 0) is 11.2 Å². The number of nitrogens with one attached hydrogen (secondary N) is 1. The van der Waals surface area contributed by atoms with Gasteiger partial charge in [-0.05, 0) is 56.5 Å². The van der Waals surface area contributed by atoms with E-state index in [1.54, 1.807) is 0 Å². The molecule has 1 fully saturated rings. The number of aryl methyl sites for hydroxylation is 1. The molecule has 23 heavy (non-hydrogen) atoms. The molecule has 0 aromatic heterocycles. The van der Waals surface area contributed by atoms with Gasteiger partial charge in [-0.25, -0.2) is 0 Å². The Morgan fingerprint density at radius 3 is 2.43 bits per heavy atom. The molecule has 130 valence electrons. The Labute approximate surface area is 146 Å². The summed E-state index contributed by atoms with van der Waals surface area (Å²) in [6, 6.07) is 8.36. The first-order chi connectivity index (χ1) is 10.7. The van der Waals surface area contributed by atoms with Crippen LogP contribution < -0.4 is 10.1 Å². The highest BCUT2D eigenvalue weighted by atomic mass is 35.5. The van der Waals surface area contributed by atoms with Crippen molar-refractivity contribution in [3.05, 3.63) is 29.8 Å². The van der Waals surface area contributed by atoms with E-state index >= 15 is 0 Å². The number of amides is 1. The first kappa shape index (κ1) is 19.8. The molecular formula is C18H29ClN2O2. The number of piperidine rings is 1. The van der Waals surface area contributed by atoms with E-state index in [1.807, 2.05) is 17.0 Å². The van der Waals surface area contributed by atoms with E-state index in [-0.39, 0.29) is 24.9 Å². The van der Waals surface area contributed by atoms with Crippen molar-refractivity contribution in [3.8, 4) is 5.75 Å². The van der Waals surface area contributed by atoms with Crippen molar-refractivity contribution in [1.29, 1.82) is 0 Å². The molecule has 1 heterocycles. The number of carbonyl (C=O) groups excluding carboxylic acids is 1. The van der Waals surface area contributed by atoms with Crippen LogP contribution in [0.25, 0.3) is 0 Å². The first-order valence-corrected chi connectivity index (χ1v) is 8.46. The normalized spacial score (nSPS) is 14.9. The van der Waals surface area contributed by atoms with Gasteiger partial charge in [-0.15, -0.1) is 12.4 Å². The molecular weight excluding hydrogens is 312 g/mol. The maximum atomic E-state index is 12.5.